The molecule has 0 aliphatic carbocycles. The van der Waals surface area contributed by atoms with Gasteiger partial charge in [0.25, 0.3) is 0 Å². The average Bonchev–Trinajstić information content (AvgIpc) is 3.03. The molecule has 6 heteroatoms. The quantitative estimate of drug-likeness (QED) is 0.926. The molecule has 0 aromatic carbocycles. The van der Waals surface area contributed by atoms with Crippen molar-refractivity contribution < 1.29 is 13.9 Å². The van der Waals surface area contributed by atoms with Crippen LogP contribution in [0.3, 0.4) is 0 Å². The van der Waals surface area contributed by atoms with Gasteiger partial charge in [0.15, 0.2) is 0 Å². The van der Waals surface area contributed by atoms with E-state index in [1.54, 1.807) is 6.26 Å². The van der Waals surface area contributed by atoms with Crippen molar-refractivity contribution in [1.82, 2.24) is 10.2 Å². The first kappa shape index (κ1) is 15.2. The van der Waals surface area contributed by atoms with E-state index in [2.05, 4.69) is 10.2 Å². The van der Waals surface area contributed by atoms with Crippen molar-refractivity contribution in [3.8, 4) is 0 Å². The van der Waals surface area contributed by atoms with Crippen LogP contribution in [-0.2, 0) is 11.2 Å². The van der Waals surface area contributed by atoms with Crippen molar-refractivity contribution in [3.05, 3.63) is 24.2 Å². The van der Waals surface area contributed by atoms with Crippen LogP contribution in [0, 0.1) is 0 Å². The lowest BCUT2D eigenvalue weighted by Crippen LogP contribution is -2.46. The topological polar surface area (TPSA) is 54.7 Å². The van der Waals surface area contributed by atoms with Gasteiger partial charge in [-0.25, -0.2) is 4.79 Å². The average molecular weight is 301 g/mol. The third-order valence-electron chi connectivity index (χ3n) is 4.11. The second-order valence-electron chi connectivity index (χ2n) is 5.45. The number of alkyl carbamates (subject to hydrolysis) is 1. The lowest BCUT2D eigenvalue weighted by atomic mass is 9.91. The summed E-state index contributed by atoms with van der Waals surface area (Å²) in [6.07, 6.45) is 5.44. The summed E-state index contributed by atoms with van der Waals surface area (Å²) in [5.74, 6) is 1.06. The predicted octanol–water partition coefficient (Wildman–Crippen LogP) is 2.21. The number of carbonyl (C=O) groups is 1. The molecule has 0 unspecified atom stereocenters. The van der Waals surface area contributed by atoms with Crippen molar-refractivity contribution in [2.24, 2.45) is 0 Å². The molecule has 1 N–H and O–H groups in total. The molecule has 2 aliphatic heterocycles. The van der Waals surface area contributed by atoms with Gasteiger partial charge in [-0.1, -0.05) is 0 Å². The molecule has 0 saturated carbocycles. The summed E-state index contributed by atoms with van der Waals surface area (Å²) in [7, 11) is 0. The van der Waals surface area contributed by atoms with E-state index in [9.17, 15) is 4.79 Å². The monoisotopic (exact) mass is 300 g/mol. The molecule has 3 heterocycles. The Morgan fingerprint density at radius 3 is 2.75 bits per heavy atom. The number of hydrogen-bond donors (Lipinski definition) is 1. The third-order valence-corrected chi connectivity index (χ3v) is 4.11. The Balaban J connectivity index is 0.00000147. The minimum atomic E-state index is -0.258. The number of aryl methyl sites for hydroxylation is 1. The minimum Gasteiger partial charge on any atom is -0.469 e. The Kier molecular flexibility index (Phi) is 4.94. The highest BCUT2D eigenvalue weighted by Crippen LogP contribution is 2.29. The van der Waals surface area contributed by atoms with E-state index in [4.69, 9.17) is 9.15 Å². The van der Waals surface area contributed by atoms with Crippen molar-refractivity contribution >= 4 is 18.5 Å². The van der Waals surface area contributed by atoms with Gasteiger partial charge in [-0.3, -0.25) is 0 Å². The number of carbonyl (C=O) groups excluding carboxylic acids is 1. The predicted molar refractivity (Wildman–Crippen MR) is 77.2 cm³/mol. The maximum atomic E-state index is 11.1. The number of rotatable bonds is 4. The highest BCUT2D eigenvalue weighted by Gasteiger charge is 2.42. The maximum absolute atomic E-state index is 11.1. The molecule has 0 bridgehead atoms. The Morgan fingerprint density at radius 2 is 2.15 bits per heavy atom. The van der Waals surface area contributed by atoms with Crippen molar-refractivity contribution in [2.45, 2.75) is 31.3 Å². The molecule has 1 aromatic heterocycles. The zero-order valence-electron chi connectivity index (χ0n) is 11.5. The number of nitrogens with zero attached hydrogens (tertiary/aromatic N) is 1. The lowest BCUT2D eigenvalue weighted by Gasteiger charge is -2.37. The Labute approximate surface area is 125 Å². The number of hydrogen-bond acceptors (Lipinski definition) is 4. The first-order chi connectivity index (χ1) is 9.26. The van der Waals surface area contributed by atoms with E-state index in [0.29, 0.717) is 6.54 Å². The summed E-state index contributed by atoms with van der Waals surface area (Å²) in [5, 5.41) is 2.76. The fraction of sp³-hybridized carbons (Fsp3) is 0.643. The molecule has 20 heavy (non-hydrogen) atoms. The van der Waals surface area contributed by atoms with E-state index < -0.39 is 0 Å². The van der Waals surface area contributed by atoms with Crippen LogP contribution in [0.25, 0.3) is 0 Å². The molecular weight excluding hydrogens is 280 g/mol. The van der Waals surface area contributed by atoms with Crippen LogP contribution in [0.2, 0.25) is 0 Å². The zero-order chi connectivity index (χ0) is 13.1. The Hall–Kier alpha value is -1.20. The fourth-order valence-corrected chi connectivity index (χ4v) is 2.90. The first-order valence-electron chi connectivity index (χ1n) is 6.97. The largest absolute Gasteiger partial charge is 0.469 e. The van der Waals surface area contributed by atoms with E-state index >= 15 is 0 Å². The molecule has 5 nitrogen and oxygen atoms in total. The number of amides is 1. The summed E-state index contributed by atoms with van der Waals surface area (Å²) < 4.78 is 10.7. The van der Waals surface area contributed by atoms with Gasteiger partial charge in [0.05, 0.1) is 12.8 Å². The summed E-state index contributed by atoms with van der Waals surface area (Å²) >= 11 is 0. The molecule has 2 saturated heterocycles. The molecule has 2 fully saturated rings. The smallest absolute Gasteiger partial charge is 0.407 e. The lowest BCUT2D eigenvalue weighted by molar-refractivity contribution is 0.000702. The number of furan rings is 1. The van der Waals surface area contributed by atoms with Crippen LogP contribution >= 0.6 is 12.4 Å². The zero-order valence-corrected chi connectivity index (χ0v) is 12.3. The van der Waals surface area contributed by atoms with Gasteiger partial charge in [-0.05, 0) is 25.1 Å². The summed E-state index contributed by atoms with van der Waals surface area (Å²) in [5.41, 5.74) is -0.228. The highest BCUT2D eigenvalue weighted by atomic mass is 35.5. The molecule has 1 spiro atoms. The highest BCUT2D eigenvalue weighted by molar-refractivity contribution is 5.85. The summed E-state index contributed by atoms with van der Waals surface area (Å²) in [6.45, 7) is 3.77. The SMILES string of the molecule is Cl.O=C1NCC2(CCN(CCCc3ccco3)CC2)O1. The molecule has 1 amide bonds. The van der Waals surface area contributed by atoms with Crippen LogP contribution in [0.4, 0.5) is 4.79 Å². The van der Waals surface area contributed by atoms with Gasteiger partial charge in [-0.15, -0.1) is 12.4 Å². The van der Waals surface area contributed by atoms with Gasteiger partial charge in [0, 0.05) is 32.4 Å². The van der Waals surface area contributed by atoms with E-state index in [-0.39, 0.29) is 24.1 Å². The van der Waals surface area contributed by atoms with E-state index in [1.807, 2.05) is 12.1 Å². The van der Waals surface area contributed by atoms with Crippen LogP contribution < -0.4 is 5.32 Å². The standard InChI is InChI=1S/C14H20N2O3.ClH/c17-13-15-11-14(19-13)5-8-16(9-6-14)7-1-3-12-4-2-10-18-12;/h2,4,10H,1,3,5-9,11H2,(H,15,17);1H. The van der Waals surface area contributed by atoms with Gasteiger partial charge in [-0.2, -0.15) is 0 Å². The van der Waals surface area contributed by atoms with Gasteiger partial charge >= 0.3 is 6.09 Å². The number of halogens is 1. The van der Waals surface area contributed by atoms with Crippen LogP contribution in [0.1, 0.15) is 25.0 Å². The Bertz CT molecular complexity index is 428. The van der Waals surface area contributed by atoms with Gasteiger partial charge in [0.2, 0.25) is 0 Å². The fourth-order valence-electron chi connectivity index (χ4n) is 2.90. The Morgan fingerprint density at radius 1 is 1.35 bits per heavy atom. The van der Waals surface area contributed by atoms with Crippen molar-refractivity contribution in [3.63, 3.8) is 0 Å². The molecule has 3 rings (SSSR count). The number of piperidine rings is 1. The number of ether oxygens (including phenoxy) is 1. The van der Waals surface area contributed by atoms with Crippen LogP contribution in [0.5, 0.6) is 0 Å². The minimum absolute atomic E-state index is 0. The second kappa shape index (κ2) is 6.50. The molecule has 112 valence electrons. The van der Waals surface area contributed by atoms with E-state index in [0.717, 1.165) is 51.1 Å². The van der Waals surface area contributed by atoms with E-state index in [1.165, 1.54) is 0 Å². The number of nitrogens with one attached hydrogen (secondary N) is 1. The van der Waals surface area contributed by atoms with Gasteiger partial charge < -0.3 is 19.4 Å². The molecule has 0 radical (unpaired) electrons. The third kappa shape index (κ3) is 3.46. The maximum Gasteiger partial charge on any atom is 0.407 e. The van der Waals surface area contributed by atoms with Gasteiger partial charge in [0.1, 0.15) is 11.4 Å². The molecule has 2 aliphatic rings. The molecular formula is C14H21ClN2O3. The normalized spacial score (nSPS) is 21.3. The van der Waals surface area contributed by atoms with Crippen molar-refractivity contribution in [2.75, 3.05) is 26.2 Å². The summed E-state index contributed by atoms with van der Waals surface area (Å²) in [6, 6.07) is 3.95. The van der Waals surface area contributed by atoms with Crippen LogP contribution in [0.15, 0.2) is 22.8 Å². The second-order valence-corrected chi connectivity index (χ2v) is 5.45. The molecule has 0 atom stereocenters. The first-order valence-corrected chi connectivity index (χ1v) is 6.97. The number of likely N-dealkylation sites (tertiary alicyclic amines) is 1. The summed E-state index contributed by atoms with van der Waals surface area (Å²) in [4.78, 5) is 13.6. The molecule has 1 aromatic rings. The van der Waals surface area contributed by atoms with Crippen LogP contribution in [-0.4, -0.2) is 42.8 Å². The van der Waals surface area contributed by atoms with Crippen molar-refractivity contribution in [1.29, 1.82) is 0 Å².